The summed E-state index contributed by atoms with van der Waals surface area (Å²) in [4.78, 5) is 12.3. The highest BCUT2D eigenvalue weighted by Crippen LogP contribution is 2.15. The number of rotatable bonds is 5. The number of anilines is 1. The zero-order valence-corrected chi connectivity index (χ0v) is 14.0. The van der Waals surface area contributed by atoms with Gasteiger partial charge in [0.2, 0.25) is 0 Å². The monoisotopic (exact) mass is 339 g/mol. The molecule has 3 rings (SSSR count). The van der Waals surface area contributed by atoms with Gasteiger partial charge in [-0.1, -0.05) is 12.1 Å². The van der Waals surface area contributed by atoms with Crippen molar-refractivity contribution in [3.05, 3.63) is 77.2 Å². The van der Waals surface area contributed by atoms with Crippen LogP contribution in [0.5, 0.6) is 5.75 Å². The Morgan fingerprint density at radius 1 is 1.16 bits per heavy atom. The van der Waals surface area contributed by atoms with Gasteiger partial charge in [0.25, 0.3) is 5.91 Å². The Morgan fingerprint density at radius 2 is 1.84 bits per heavy atom. The molecule has 0 aliphatic carbocycles. The highest BCUT2D eigenvalue weighted by molar-refractivity contribution is 6.03. The Kier molecular flexibility index (Phi) is 4.79. The molecule has 0 saturated carbocycles. The summed E-state index contributed by atoms with van der Waals surface area (Å²) in [7, 11) is 1.58. The van der Waals surface area contributed by atoms with Crippen LogP contribution in [-0.4, -0.2) is 22.8 Å². The van der Waals surface area contributed by atoms with Gasteiger partial charge in [-0.25, -0.2) is 4.39 Å². The number of hydrogen-bond acceptors (Lipinski definition) is 3. The maximum Gasteiger partial charge on any atom is 0.256 e. The van der Waals surface area contributed by atoms with Gasteiger partial charge in [-0.3, -0.25) is 9.48 Å². The van der Waals surface area contributed by atoms with Crippen LogP contribution in [-0.2, 0) is 6.54 Å². The average molecular weight is 339 g/mol. The first kappa shape index (κ1) is 16.7. The third-order valence-corrected chi connectivity index (χ3v) is 3.82. The van der Waals surface area contributed by atoms with Crippen LogP contribution in [0.3, 0.4) is 0 Å². The van der Waals surface area contributed by atoms with Gasteiger partial charge in [0.05, 0.1) is 13.7 Å². The maximum absolute atomic E-state index is 13.0. The molecule has 1 aromatic heterocycles. The minimum absolute atomic E-state index is 0.242. The molecule has 0 aliphatic rings. The van der Waals surface area contributed by atoms with Crippen molar-refractivity contribution in [2.45, 2.75) is 13.5 Å². The van der Waals surface area contributed by atoms with Crippen molar-refractivity contribution < 1.29 is 13.9 Å². The zero-order chi connectivity index (χ0) is 17.8. The molecular formula is C19H18FN3O2. The minimum Gasteiger partial charge on any atom is -0.497 e. The molecule has 0 aliphatic heterocycles. The van der Waals surface area contributed by atoms with Gasteiger partial charge in [-0.2, -0.15) is 5.10 Å². The van der Waals surface area contributed by atoms with Crippen LogP contribution >= 0.6 is 0 Å². The number of aryl methyl sites for hydroxylation is 1. The lowest BCUT2D eigenvalue weighted by Crippen LogP contribution is -2.12. The molecule has 1 heterocycles. The SMILES string of the molecule is COc1ccc(C(=O)Nc2cc(C)n(Cc3ccc(F)cc3)n2)cc1. The molecule has 0 spiro atoms. The van der Waals surface area contributed by atoms with Crippen molar-refractivity contribution in [3.8, 4) is 5.75 Å². The van der Waals surface area contributed by atoms with Gasteiger partial charge in [0.1, 0.15) is 11.6 Å². The largest absolute Gasteiger partial charge is 0.497 e. The molecule has 128 valence electrons. The molecule has 0 fully saturated rings. The second-order valence-corrected chi connectivity index (χ2v) is 5.64. The van der Waals surface area contributed by atoms with Crippen molar-refractivity contribution in [3.63, 3.8) is 0 Å². The average Bonchev–Trinajstić information content (AvgIpc) is 2.96. The summed E-state index contributed by atoms with van der Waals surface area (Å²) in [6.07, 6.45) is 0. The van der Waals surface area contributed by atoms with E-state index in [1.165, 1.54) is 12.1 Å². The molecule has 5 nitrogen and oxygen atoms in total. The summed E-state index contributed by atoms with van der Waals surface area (Å²) in [5, 5.41) is 7.17. The standard InChI is InChI=1S/C19H18FN3O2/c1-13-11-18(21-19(24)15-5-9-17(25-2)10-6-15)22-23(13)12-14-3-7-16(20)8-4-14/h3-11H,12H2,1-2H3,(H,21,22,24). The number of benzene rings is 2. The van der Waals surface area contributed by atoms with E-state index in [0.29, 0.717) is 23.7 Å². The number of carbonyl (C=O) groups is 1. The number of carbonyl (C=O) groups excluding carboxylic acids is 1. The summed E-state index contributed by atoms with van der Waals surface area (Å²) in [6, 6.07) is 14.9. The summed E-state index contributed by atoms with van der Waals surface area (Å²) in [6.45, 7) is 2.41. The summed E-state index contributed by atoms with van der Waals surface area (Å²) in [5.74, 6) is 0.652. The minimum atomic E-state index is -0.270. The smallest absolute Gasteiger partial charge is 0.256 e. The molecule has 0 bridgehead atoms. The van der Waals surface area contributed by atoms with Crippen LogP contribution in [0.1, 0.15) is 21.6 Å². The predicted molar refractivity (Wildman–Crippen MR) is 93.4 cm³/mol. The number of ether oxygens (including phenoxy) is 1. The van der Waals surface area contributed by atoms with E-state index in [2.05, 4.69) is 10.4 Å². The van der Waals surface area contributed by atoms with Crippen LogP contribution in [0.4, 0.5) is 10.2 Å². The van der Waals surface area contributed by atoms with E-state index in [0.717, 1.165) is 11.3 Å². The van der Waals surface area contributed by atoms with E-state index >= 15 is 0 Å². The third-order valence-electron chi connectivity index (χ3n) is 3.82. The topological polar surface area (TPSA) is 56.1 Å². The highest BCUT2D eigenvalue weighted by atomic mass is 19.1. The van der Waals surface area contributed by atoms with E-state index in [4.69, 9.17) is 4.74 Å². The van der Waals surface area contributed by atoms with Gasteiger partial charge >= 0.3 is 0 Å². The lowest BCUT2D eigenvalue weighted by atomic mass is 10.2. The molecule has 25 heavy (non-hydrogen) atoms. The fraction of sp³-hybridized carbons (Fsp3) is 0.158. The lowest BCUT2D eigenvalue weighted by molar-refractivity contribution is 0.102. The van der Waals surface area contributed by atoms with Crippen LogP contribution in [0, 0.1) is 12.7 Å². The number of hydrogen-bond donors (Lipinski definition) is 1. The van der Waals surface area contributed by atoms with E-state index in [1.54, 1.807) is 54.3 Å². The molecule has 3 aromatic rings. The Labute approximate surface area is 145 Å². The van der Waals surface area contributed by atoms with E-state index in [1.807, 2.05) is 6.92 Å². The van der Waals surface area contributed by atoms with Crippen molar-refractivity contribution in [1.29, 1.82) is 0 Å². The number of nitrogens with zero attached hydrogens (tertiary/aromatic N) is 2. The number of halogens is 1. The lowest BCUT2D eigenvalue weighted by Gasteiger charge is -2.05. The second kappa shape index (κ2) is 7.17. The summed E-state index contributed by atoms with van der Waals surface area (Å²) >= 11 is 0. The number of methoxy groups -OCH3 is 1. The van der Waals surface area contributed by atoms with Crippen molar-refractivity contribution in [1.82, 2.24) is 9.78 Å². The quantitative estimate of drug-likeness (QED) is 0.772. The highest BCUT2D eigenvalue weighted by Gasteiger charge is 2.10. The van der Waals surface area contributed by atoms with Gasteiger partial charge < -0.3 is 10.1 Å². The predicted octanol–water partition coefficient (Wildman–Crippen LogP) is 3.64. The molecule has 1 amide bonds. The van der Waals surface area contributed by atoms with E-state index in [9.17, 15) is 9.18 Å². The van der Waals surface area contributed by atoms with Crippen molar-refractivity contribution in [2.24, 2.45) is 0 Å². The molecular weight excluding hydrogens is 321 g/mol. The summed E-state index contributed by atoms with van der Waals surface area (Å²) < 4.78 is 19.8. The first-order chi connectivity index (χ1) is 12.0. The Hall–Kier alpha value is -3.15. The van der Waals surface area contributed by atoms with E-state index < -0.39 is 0 Å². The Morgan fingerprint density at radius 3 is 2.48 bits per heavy atom. The fourth-order valence-corrected chi connectivity index (χ4v) is 2.42. The van der Waals surface area contributed by atoms with Crippen molar-refractivity contribution >= 4 is 11.7 Å². The van der Waals surface area contributed by atoms with Gasteiger partial charge in [-0.05, 0) is 48.9 Å². The van der Waals surface area contributed by atoms with Gasteiger partial charge in [0, 0.05) is 17.3 Å². The zero-order valence-electron chi connectivity index (χ0n) is 14.0. The third kappa shape index (κ3) is 4.03. The second-order valence-electron chi connectivity index (χ2n) is 5.64. The Bertz CT molecular complexity index is 871. The molecule has 1 N–H and O–H groups in total. The molecule has 2 aromatic carbocycles. The number of amides is 1. The maximum atomic E-state index is 13.0. The first-order valence-corrected chi connectivity index (χ1v) is 7.79. The van der Waals surface area contributed by atoms with Crippen LogP contribution in [0.25, 0.3) is 0 Å². The van der Waals surface area contributed by atoms with E-state index in [-0.39, 0.29) is 11.7 Å². The van der Waals surface area contributed by atoms with Crippen molar-refractivity contribution in [2.75, 3.05) is 12.4 Å². The van der Waals surface area contributed by atoms with Crippen LogP contribution in [0.15, 0.2) is 54.6 Å². The molecule has 0 unspecified atom stereocenters. The molecule has 0 saturated heterocycles. The van der Waals surface area contributed by atoms with Gasteiger partial charge in [0.15, 0.2) is 5.82 Å². The fourth-order valence-electron chi connectivity index (χ4n) is 2.42. The van der Waals surface area contributed by atoms with Crippen LogP contribution < -0.4 is 10.1 Å². The van der Waals surface area contributed by atoms with Gasteiger partial charge in [-0.15, -0.1) is 0 Å². The number of aromatic nitrogens is 2. The normalized spacial score (nSPS) is 10.5. The van der Waals surface area contributed by atoms with Crippen LogP contribution in [0.2, 0.25) is 0 Å². The molecule has 0 atom stereocenters. The summed E-state index contributed by atoms with van der Waals surface area (Å²) in [5.41, 5.74) is 2.35. The molecule has 6 heteroatoms. The molecule has 0 radical (unpaired) electrons. The number of nitrogens with one attached hydrogen (secondary N) is 1. The first-order valence-electron chi connectivity index (χ1n) is 7.79. The Balaban J connectivity index is 1.70.